The van der Waals surface area contributed by atoms with Gasteiger partial charge < -0.3 is 10.1 Å². The lowest BCUT2D eigenvalue weighted by atomic mass is 9.98. The Morgan fingerprint density at radius 3 is 2.56 bits per heavy atom. The summed E-state index contributed by atoms with van der Waals surface area (Å²) in [7, 11) is 1.72. The smallest absolute Gasteiger partial charge is 0.123 e. The van der Waals surface area contributed by atoms with E-state index in [2.05, 4.69) is 26.1 Å². The van der Waals surface area contributed by atoms with Crippen molar-refractivity contribution in [1.82, 2.24) is 5.32 Å². The average molecular weight is 253 g/mol. The number of hydrogen-bond acceptors (Lipinski definition) is 2. The lowest BCUT2D eigenvalue weighted by molar-refractivity contribution is 0.00782. The van der Waals surface area contributed by atoms with E-state index in [-0.39, 0.29) is 17.5 Å². The fourth-order valence-electron chi connectivity index (χ4n) is 2.18. The molecule has 0 aliphatic heterocycles. The average Bonchev–Trinajstić information content (AvgIpc) is 2.28. The number of halogens is 1. The van der Waals surface area contributed by atoms with Crippen LogP contribution in [0.3, 0.4) is 0 Å². The Bertz CT molecular complexity index is 379. The highest BCUT2D eigenvalue weighted by Gasteiger charge is 2.21. The number of benzene rings is 1. The summed E-state index contributed by atoms with van der Waals surface area (Å²) in [6.07, 6.45) is 0.906. The Kier molecular flexibility index (Phi) is 5.29. The summed E-state index contributed by atoms with van der Waals surface area (Å²) in [5.74, 6) is -0.189. The van der Waals surface area contributed by atoms with E-state index < -0.39 is 0 Å². The molecule has 0 aliphatic carbocycles. The first-order valence-electron chi connectivity index (χ1n) is 6.41. The molecule has 0 aliphatic rings. The maximum Gasteiger partial charge on any atom is 0.123 e. The summed E-state index contributed by atoms with van der Waals surface area (Å²) >= 11 is 0. The molecular weight excluding hydrogens is 229 g/mol. The standard InChI is InChI=1S/C15H24FNO/c1-11(10-15(3,4)18-5)17-12(2)13-7-6-8-14(16)9-13/h6-9,11-12,17H,10H2,1-5H3. The van der Waals surface area contributed by atoms with Crippen molar-refractivity contribution in [2.24, 2.45) is 0 Å². The van der Waals surface area contributed by atoms with Gasteiger partial charge in [0.15, 0.2) is 0 Å². The number of ether oxygens (including phenoxy) is 1. The summed E-state index contributed by atoms with van der Waals surface area (Å²) in [4.78, 5) is 0. The van der Waals surface area contributed by atoms with Crippen LogP contribution in [0.15, 0.2) is 24.3 Å². The van der Waals surface area contributed by atoms with Gasteiger partial charge in [-0.15, -0.1) is 0 Å². The minimum atomic E-state index is -0.189. The van der Waals surface area contributed by atoms with Crippen LogP contribution in [0.1, 0.15) is 45.7 Å². The molecule has 2 nitrogen and oxygen atoms in total. The fraction of sp³-hybridized carbons (Fsp3) is 0.600. The van der Waals surface area contributed by atoms with Crippen molar-refractivity contribution < 1.29 is 9.13 Å². The Morgan fingerprint density at radius 1 is 1.33 bits per heavy atom. The Balaban J connectivity index is 2.57. The Labute approximate surface area is 110 Å². The predicted octanol–water partition coefficient (Wildman–Crippen LogP) is 3.68. The molecule has 0 spiro atoms. The van der Waals surface area contributed by atoms with Gasteiger partial charge in [0.2, 0.25) is 0 Å². The molecule has 1 aromatic carbocycles. The SMILES string of the molecule is COC(C)(C)CC(C)NC(C)c1cccc(F)c1. The molecule has 1 aromatic rings. The van der Waals surface area contributed by atoms with Gasteiger partial charge in [-0.2, -0.15) is 0 Å². The molecule has 0 bridgehead atoms. The number of rotatable bonds is 6. The van der Waals surface area contributed by atoms with Crippen LogP contribution in [0, 0.1) is 5.82 Å². The van der Waals surface area contributed by atoms with Gasteiger partial charge in [0, 0.05) is 19.2 Å². The quantitative estimate of drug-likeness (QED) is 0.835. The zero-order valence-corrected chi connectivity index (χ0v) is 12.0. The molecule has 3 heteroatoms. The second-order valence-electron chi connectivity index (χ2n) is 5.51. The monoisotopic (exact) mass is 253 g/mol. The first-order chi connectivity index (χ1) is 8.34. The zero-order chi connectivity index (χ0) is 13.8. The third-order valence-electron chi connectivity index (χ3n) is 3.23. The highest BCUT2D eigenvalue weighted by molar-refractivity contribution is 5.19. The van der Waals surface area contributed by atoms with E-state index in [9.17, 15) is 4.39 Å². The molecule has 0 saturated carbocycles. The minimum Gasteiger partial charge on any atom is -0.379 e. The summed E-state index contributed by atoms with van der Waals surface area (Å²) in [5.41, 5.74) is 0.825. The largest absolute Gasteiger partial charge is 0.379 e. The van der Waals surface area contributed by atoms with E-state index >= 15 is 0 Å². The molecule has 1 N–H and O–H groups in total. The first kappa shape index (κ1) is 15.1. The van der Waals surface area contributed by atoms with Gasteiger partial charge >= 0.3 is 0 Å². The maximum atomic E-state index is 13.1. The van der Waals surface area contributed by atoms with Crippen LogP contribution in [0.2, 0.25) is 0 Å². The Hall–Kier alpha value is -0.930. The van der Waals surface area contributed by atoms with Crippen molar-refractivity contribution in [2.75, 3.05) is 7.11 Å². The van der Waals surface area contributed by atoms with Crippen LogP contribution in [0.5, 0.6) is 0 Å². The highest BCUT2D eigenvalue weighted by atomic mass is 19.1. The van der Waals surface area contributed by atoms with Crippen molar-refractivity contribution in [3.63, 3.8) is 0 Å². The van der Waals surface area contributed by atoms with Crippen molar-refractivity contribution in [3.05, 3.63) is 35.6 Å². The van der Waals surface area contributed by atoms with Gasteiger partial charge in [0.25, 0.3) is 0 Å². The maximum absolute atomic E-state index is 13.1. The molecule has 0 fully saturated rings. The highest BCUT2D eigenvalue weighted by Crippen LogP contribution is 2.19. The molecule has 0 saturated heterocycles. The van der Waals surface area contributed by atoms with Crippen LogP contribution in [-0.2, 0) is 4.74 Å². The summed E-state index contributed by atoms with van der Waals surface area (Å²) in [6, 6.07) is 7.16. The topological polar surface area (TPSA) is 21.3 Å². The first-order valence-corrected chi connectivity index (χ1v) is 6.41. The van der Waals surface area contributed by atoms with Crippen molar-refractivity contribution in [3.8, 4) is 0 Å². The lowest BCUT2D eigenvalue weighted by Gasteiger charge is -2.29. The summed E-state index contributed by atoms with van der Waals surface area (Å²) in [5, 5.41) is 3.47. The zero-order valence-electron chi connectivity index (χ0n) is 12.0. The molecule has 2 atom stereocenters. The third-order valence-corrected chi connectivity index (χ3v) is 3.23. The van der Waals surface area contributed by atoms with E-state index in [1.807, 2.05) is 13.0 Å². The van der Waals surface area contributed by atoms with Gasteiger partial charge in [-0.25, -0.2) is 4.39 Å². The van der Waals surface area contributed by atoms with E-state index in [4.69, 9.17) is 4.74 Å². The van der Waals surface area contributed by atoms with Crippen molar-refractivity contribution in [2.45, 2.75) is 51.8 Å². The van der Waals surface area contributed by atoms with E-state index in [0.29, 0.717) is 6.04 Å². The van der Waals surface area contributed by atoms with Crippen molar-refractivity contribution >= 4 is 0 Å². The van der Waals surface area contributed by atoms with E-state index in [1.54, 1.807) is 19.2 Å². The Morgan fingerprint density at radius 2 is 2.00 bits per heavy atom. The fourth-order valence-corrected chi connectivity index (χ4v) is 2.18. The van der Waals surface area contributed by atoms with E-state index in [0.717, 1.165) is 12.0 Å². The number of nitrogens with one attached hydrogen (secondary N) is 1. The van der Waals surface area contributed by atoms with Crippen LogP contribution >= 0.6 is 0 Å². The number of hydrogen-bond donors (Lipinski definition) is 1. The molecule has 0 radical (unpaired) electrons. The van der Waals surface area contributed by atoms with Crippen LogP contribution in [-0.4, -0.2) is 18.8 Å². The summed E-state index contributed by atoms with van der Waals surface area (Å²) < 4.78 is 18.6. The molecular formula is C15H24FNO. The molecule has 0 aromatic heterocycles. The normalized spacial score (nSPS) is 15.4. The molecule has 18 heavy (non-hydrogen) atoms. The molecule has 0 amide bonds. The van der Waals surface area contributed by atoms with Crippen molar-refractivity contribution in [1.29, 1.82) is 0 Å². The molecule has 102 valence electrons. The second kappa shape index (κ2) is 6.30. The predicted molar refractivity (Wildman–Crippen MR) is 73.1 cm³/mol. The number of methoxy groups -OCH3 is 1. The van der Waals surface area contributed by atoms with Gasteiger partial charge in [-0.05, 0) is 51.8 Å². The second-order valence-corrected chi connectivity index (χ2v) is 5.51. The van der Waals surface area contributed by atoms with Gasteiger partial charge in [-0.1, -0.05) is 12.1 Å². The van der Waals surface area contributed by atoms with Gasteiger partial charge in [0.1, 0.15) is 5.82 Å². The molecule has 1 rings (SSSR count). The van der Waals surface area contributed by atoms with Crippen LogP contribution in [0.4, 0.5) is 4.39 Å². The molecule has 2 unspecified atom stereocenters. The van der Waals surface area contributed by atoms with Crippen LogP contribution in [0.25, 0.3) is 0 Å². The van der Waals surface area contributed by atoms with Crippen LogP contribution < -0.4 is 5.32 Å². The van der Waals surface area contributed by atoms with E-state index in [1.165, 1.54) is 6.07 Å². The lowest BCUT2D eigenvalue weighted by Crippen LogP contribution is -2.36. The third kappa shape index (κ3) is 4.75. The minimum absolute atomic E-state index is 0.128. The summed E-state index contributed by atoms with van der Waals surface area (Å²) in [6.45, 7) is 8.30. The van der Waals surface area contributed by atoms with Gasteiger partial charge in [0.05, 0.1) is 5.60 Å². The molecule has 0 heterocycles. The van der Waals surface area contributed by atoms with Gasteiger partial charge in [-0.3, -0.25) is 0 Å².